The van der Waals surface area contributed by atoms with E-state index in [4.69, 9.17) is 10.8 Å². The van der Waals surface area contributed by atoms with Crippen LogP contribution >= 0.6 is 0 Å². The molecule has 17 heavy (non-hydrogen) atoms. The van der Waals surface area contributed by atoms with Gasteiger partial charge in [0.05, 0.1) is 0 Å². The van der Waals surface area contributed by atoms with Crippen LogP contribution in [0.15, 0.2) is 0 Å². The number of carbonyl (C=O) groups excluding carboxylic acids is 1. The molecule has 0 saturated heterocycles. The SMILES string of the molecule is CCCC(N)CC(=O)NCC(CC)CC(=O)O. The molecule has 0 bridgehead atoms. The summed E-state index contributed by atoms with van der Waals surface area (Å²) in [6.45, 7) is 4.36. The second-order valence-electron chi connectivity index (χ2n) is 4.43. The van der Waals surface area contributed by atoms with Gasteiger partial charge in [0.25, 0.3) is 0 Å². The summed E-state index contributed by atoms with van der Waals surface area (Å²) < 4.78 is 0. The highest BCUT2D eigenvalue weighted by molar-refractivity contribution is 5.76. The van der Waals surface area contributed by atoms with E-state index in [0.717, 1.165) is 19.3 Å². The van der Waals surface area contributed by atoms with Crippen molar-refractivity contribution >= 4 is 11.9 Å². The molecular weight excluding hydrogens is 220 g/mol. The maximum atomic E-state index is 11.5. The molecule has 0 radical (unpaired) electrons. The lowest BCUT2D eigenvalue weighted by Crippen LogP contribution is -2.34. The summed E-state index contributed by atoms with van der Waals surface area (Å²) in [6.07, 6.45) is 2.95. The van der Waals surface area contributed by atoms with Gasteiger partial charge >= 0.3 is 5.97 Å². The molecule has 0 heterocycles. The fourth-order valence-corrected chi connectivity index (χ4v) is 1.65. The highest BCUT2D eigenvalue weighted by Crippen LogP contribution is 2.07. The molecule has 4 N–H and O–H groups in total. The molecule has 0 aromatic rings. The minimum Gasteiger partial charge on any atom is -0.481 e. The molecule has 0 aromatic carbocycles. The predicted octanol–water partition coefficient (Wildman–Crippen LogP) is 1.12. The van der Waals surface area contributed by atoms with Crippen molar-refractivity contribution in [3.63, 3.8) is 0 Å². The number of carbonyl (C=O) groups is 2. The highest BCUT2D eigenvalue weighted by atomic mass is 16.4. The Morgan fingerprint density at radius 1 is 1.29 bits per heavy atom. The summed E-state index contributed by atoms with van der Waals surface area (Å²) in [5, 5.41) is 11.4. The number of carboxylic acid groups (broad SMARTS) is 1. The summed E-state index contributed by atoms with van der Waals surface area (Å²) in [7, 11) is 0. The van der Waals surface area contributed by atoms with Gasteiger partial charge in [0, 0.05) is 25.4 Å². The van der Waals surface area contributed by atoms with Crippen molar-refractivity contribution < 1.29 is 14.7 Å². The van der Waals surface area contributed by atoms with Gasteiger partial charge in [-0.3, -0.25) is 9.59 Å². The Labute approximate surface area is 103 Å². The second kappa shape index (κ2) is 8.98. The van der Waals surface area contributed by atoms with Crippen LogP contribution in [0.5, 0.6) is 0 Å². The van der Waals surface area contributed by atoms with Crippen molar-refractivity contribution in [2.75, 3.05) is 6.54 Å². The van der Waals surface area contributed by atoms with Crippen molar-refractivity contribution in [2.24, 2.45) is 11.7 Å². The van der Waals surface area contributed by atoms with Gasteiger partial charge < -0.3 is 16.2 Å². The number of aliphatic carboxylic acids is 1. The molecule has 0 aromatic heterocycles. The largest absolute Gasteiger partial charge is 0.481 e. The molecule has 5 heteroatoms. The molecule has 0 aliphatic carbocycles. The maximum absolute atomic E-state index is 11.5. The van der Waals surface area contributed by atoms with E-state index < -0.39 is 5.97 Å². The summed E-state index contributed by atoms with van der Waals surface area (Å²) in [4.78, 5) is 22.0. The minimum atomic E-state index is -0.825. The fraction of sp³-hybridized carbons (Fsp3) is 0.833. The van der Waals surface area contributed by atoms with Crippen molar-refractivity contribution in [2.45, 2.75) is 52.0 Å². The summed E-state index contributed by atoms with van der Waals surface area (Å²) in [5.41, 5.74) is 5.75. The summed E-state index contributed by atoms with van der Waals surface area (Å²) >= 11 is 0. The van der Waals surface area contributed by atoms with Gasteiger partial charge in [0.15, 0.2) is 0 Å². The van der Waals surface area contributed by atoms with Gasteiger partial charge in [-0.15, -0.1) is 0 Å². The van der Waals surface area contributed by atoms with E-state index in [-0.39, 0.29) is 24.3 Å². The molecule has 2 unspecified atom stereocenters. The Bertz CT molecular complexity index is 244. The molecule has 0 spiro atoms. The molecular formula is C12H24N2O3. The van der Waals surface area contributed by atoms with Crippen LogP contribution in [-0.4, -0.2) is 29.6 Å². The normalized spacial score (nSPS) is 14.1. The average Bonchev–Trinajstić information content (AvgIpc) is 2.23. The first-order valence-electron chi connectivity index (χ1n) is 6.23. The molecule has 0 aliphatic rings. The van der Waals surface area contributed by atoms with E-state index >= 15 is 0 Å². The van der Waals surface area contributed by atoms with Crippen LogP contribution in [0.3, 0.4) is 0 Å². The van der Waals surface area contributed by atoms with Crippen molar-refractivity contribution in [3.8, 4) is 0 Å². The number of hydrogen-bond acceptors (Lipinski definition) is 3. The van der Waals surface area contributed by atoms with E-state index in [0.29, 0.717) is 13.0 Å². The Kier molecular flexibility index (Phi) is 8.40. The zero-order chi connectivity index (χ0) is 13.3. The van der Waals surface area contributed by atoms with E-state index in [9.17, 15) is 9.59 Å². The topological polar surface area (TPSA) is 92.4 Å². The smallest absolute Gasteiger partial charge is 0.303 e. The van der Waals surface area contributed by atoms with E-state index in [2.05, 4.69) is 5.32 Å². The van der Waals surface area contributed by atoms with Gasteiger partial charge in [0.2, 0.25) is 5.91 Å². The molecule has 0 rings (SSSR count). The average molecular weight is 244 g/mol. The highest BCUT2D eigenvalue weighted by Gasteiger charge is 2.13. The quantitative estimate of drug-likeness (QED) is 0.566. The minimum absolute atomic E-state index is 0.00107. The second-order valence-corrected chi connectivity index (χ2v) is 4.43. The van der Waals surface area contributed by atoms with E-state index in [1.54, 1.807) is 0 Å². The Morgan fingerprint density at radius 2 is 1.94 bits per heavy atom. The molecule has 0 aliphatic heterocycles. The van der Waals surface area contributed by atoms with Crippen LogP contribution in [0.2, 0.25) is 0 Å². The van der Waals surface area contributed by atoms with Gasteiger partial charge in [0.1, 0.15) is 0 Å². The number of amides is 1. The lowest BCUT2D eigenvalue weighted by Gasteiger charge is -2.15. The van der Waals surface area contributed by atoms with Crippen LogP contribution in [0, 0.1) is 5.92 Å². The monoisotopic (exact) mass is 244 g/mol. The van der Waals surface area contributed by atoms with Gasteiger partial charge in [-0.05, 0) is 12.3 Å². The fourth-order valence-electron chi connectivity index (χ4n) is 1.65. The predicted molar refractivity (Wildman–Crippen MR) is 66.5 cm³/mol. The number of nitrogens with one attached hydrogen (secondary N) is 1. The van der Waals surface area contributed by atoms with Gasteiger partial charge in [-0.25, -0.2) is 0 Å². The number of rotatable bonds is 9. The standard InChI is InChI=1S/C12H24N2O3/c1-3-5-10(13)7-11(15)14-8-9(4-2)6-12(16)17/h9-10H,3-8,13H2,1-2H3,(H,14,15)(H,16,17). The van der Waals surface area contributed by atoms with Crippen LogP contribution < -0.4 is 11.1 Å². The van der Waals surface area contributed by atoms with Crippen LogP contribution in [0.1, 0.15) is 46.0 Å². The first kappa shape index (κ1) is 15.9. The van der Waals surface area contributed by atoms with Crippen molar-refractivity contribution in [1.29, 1.82) is 0 Å². The third-order valence-corrected chi connectivity index (χ3v) is 2.74. The molecule has 0 fully saturated rings. The first-order valence-corrected chi connectivity index (χ1v) is 6.23. The first-order chi connectivity index (χ1) is 7.99. The third kappa shape index (κ3) is 8.68. The molecule has 0 saturated carbocycles. The van der Waals surface area contributed by atoms with Gasteiger partial charge in [-0.1, -0.05) is 26.7 Å². The maximum Gasteiger partial charge on any atom is 0.303 e. The van der Waals surface area contributed by atoms with Crippen molar-refractivity contribution in [1.82, 2.24) is 5.32 Å². The lowest BCUT2D eigenvalue weighted by atomic mass is 10.0. The molecule has 1 amide bonds. The lowest BCUT2D eigenvalue weighted by molar-refractivity contribution is -0.138. The van der Waals surface area contributed by atoms with Crippen LogP contribution in [-0.2, 0) is 9.59 Å². The molecule has 2 atom stereocenters. The number of carboxylic acids is 1. The zero-order valence-electron chi connectivity index (χ0n) is 10.7. The number of hydrogen-bond donors (Lipinski definition) is 3. The Hall–Kier alpha value is -1.10. The van der Waals surface area contributed by atoms with Crippen LogP contribution in [0.25, 0.3) is 0 Å². The van der Waals surface area contributed by atoms with Crippen LogP contribution in [0.4, 0.5) is 0 Å². The summed E-state index contributed by atoms with van der Waals surface area (Å²) in [5.74, 6) is -0.914. The summed E-state index contributed by atoms with van der Waals surface area (Å²) in [6, 6.07) is -0.0976. The molecule has 100 valence electrons. The van der Waals surface area contributed by atoms with E-state index in [1.807, 2.05) is 13.8 Å². The van der Waals surface area contributed by atoms with E-state index in [1.165, 1.54) is 0 Å². The Morgan fingerprint density at radius 3 is 2.41 bits per heavy atom. The third-order valence-electron chi connectivity index (χ3n) is 2.74. The Balaban J connectivity index is 3.84. The number of nitrogens with two attached hydrogens (primary N) is 1. The van der Waals surface area contributed by atoms with Crippen molar-refractivity contribution in [3.05, 3.63) is 0 Å². The molecule has 5 nitrogen and oxygen atoms in total. The van der Waals surface area contributed by atoms with Gasteiger partial charge in [-0.2, -0.15) is 0 Å². The zero-order valence-corrected chi connectivity index (χ0v) is 10.7.